The van der Waals surface area contributed by atoms with Crippen LogP contribution in [0.5, 0.6) is 0 Å². The molecular formula is C32H43O2S2+. The standard InChI is InChI=1S/C32H42O2S2/c1-19(2)11-23-13-21(17-27(35-23)31(5,6)7)15-25-29(33)26(30(25)34)16-22-14-24(12-20(3)4)36-28(18-22)32(8,9)10/h13-20H,11-12H2,1-10H3/p+1. The molecule has 1 aromatic heterocycles. The topological polar surface area (TPSA) is 37.3 Å². The van der Waals surface area contributed by atoms with Crippen molar-refractivity contribution >= 4 is 35.0 Å². The van der Waals surface area contributed by atoms with E-state index >= 15 is 0 Å². The van der Waals surface area contributed by atoms with Crippen LogP contribution in [0.15, 0.2) is 62.6 Å². The third-order valence-electron chi connectivity index (χ3n) is 6.05. The summed E-state index contributed by atoms with van der Waals surface area (Å²) in [6.45, 7) is 22.2. The molecule has 0 radical (unpaired) electrons. The Morgan fingerprint density at radius 2 is 1.56 bits per heavy atom. The molecule has 1 aromatic rings. The van der Waals surface area contributed by atoms with Gasteiger partial charge in [-0.25, -0.2) is 0 Å². The van der Waals surface area contributed by atoms with Gasteiger partial charge >= 0.3 is 0 Å². The zero-order valence-corrected chi connectivity index (χ0v) is 25.3. The zero-order valence-electron chi connectivity index (χ0n) is 23.7. The van der Waals surface area contributed by atoms with Crippen LogP contribution in [0, 0.1) is 17.3 Å². The number of carbonyl (C=O) groups is 1. The maximum absolute atomic E-state index is 13.2. The minimum atomic E-state index is -0.0852. The van der Waals surface area contributed by atoms with Gasteiger partial charge in [-0.3, -0.25) is 4.79 Å². The fourth-order valence-electron chi connectivity index (χ4n) is 4.11. The van der Waals surface area contributed by atoms with Crippen molar-refractivity contribution in [1.82, 2.24) is 0 Å². The lowest BCUT2D eigenvalue weighted by Gasteiger charge is -2.28. The van der Waals surface area contributed by atoms with Crippen molar-refractivity contribution in [2.75, 3.05) is 0 Å². The Bertz CT molecular complexity index is 1190. The average Bonchev–Trinajstić information content (AvgIpc) is 2.73. The molecule has 3 rings (SSSR count). The van der Waals surface area contributed by atoms with Crippen LogP contribution in [0.25, 0.3) is 6.08 Å². The van der Waals surface area contributed by atoms with Gasteiger partial charge in [0.05, 0.1) is 11.1 Å². The van der Waals surface area contributed by atoms with E-state index in [2.05, 4.69) is 93.5 Å². The molecule has 194 valence electrons. The third-order valence-corrected chi connectivity index (χ3v) is 9.05. The number of hydrogen-bond donors (Lipinski definition) is 1. The maximum atomic E-state index is 13.2. The first-order valence-corrected chi connectivity index (χ1v) is 14.7. The van der Waals surface area contributed by atoms with Gasteiger partial charge in [-0.1, -0.05) is 81.0 Å². The zero-order chi connectivity index (χ0) is 27.0. The van der Waals surface area contributed by atoms with Crippen molar-refractivity contribution in [2.45, 2.75) is 87.5 Å². The van der Waals surface area contributed by atoms with E-state index in [1.54, 1.807) is 0 Å². The third kappa shape index (κ3) is 7.10. The summed E-state index contributed by atoms with van der Waals surface area (Å²) in [6, 6.07) is 4.33. The second-order valence-corrected chi connectivity index (χ2v) is 15.3. The van der Waals surface area contributed by atoms with Crippen molar-refractivity contribution in [1.29, 1.82) is 0 Å². The van der Waals surface area contributed by atoms with Gasteiger partial charge in [0.15, 0.2) is 0 Å². The van der Waals surface area contributed by atoms with Crippen molar-refractivity contribution in [2.24, 2.45) is 17.3 Å². The molecule has 0 fully saturated rings. The molecule has 36 heavy (non-hydrogen) atoms. The normalized spacial score (nSPS) is 19.4. The van der Waals surface area contributed by atoms with Crippen molar-refractivity contribution in [3.05, 3.63) is 78.0 Å². The second kappa shape index (κ2) is 10.8. The minimum Gasteiger partial charge on any atom is -0.506 e. The molecule has 0 unspecified atom stereocenters. The quantitative estimate of drug-likeness (QED) is 0.298. The molecular weight excluding hydrogens is 480 g/mol. The summed E-state index contributed by atoms with van der Waals surface area (Å²) in [5.74, 6) is 1.13. The van der Waals surface area contributed by atoms with Crippen molar-refractivity contribution < 1.29 is 9.90 Å². The monoisotopic (exact) mass is 523 g/mol. The first kappa shape index (κ1) is 28.7. The molecule has 1 aliphatic carbocycles. The summed E-state index contributed by atoms with van der Waals surface area (Å²) < 4.78 is 0. The highest BCUT2D eigenvalue weighted by Gasteiger charge is 2.34. The van der Waals surface area contributed by atoms with E-state index in [0.29, 0.717) is 23.0 Å². The fraction of sp³-hybridized carbons (Fsp3) is 0.500. The highest BCUT2D eigenvalue weighted by molar-refractivity contribution is 8.06. The Kier molecular flexibility index (Phi) is 8.62. The Morgan fingerprint density at radius 1 is 0.917 bits per heavy atom. The summed E-state index contributed by atoms with van der Waals surface area (Å²) >= 11 is 3.69. The number of rotatable bonds is 6. The van der Waals surface area contributed by atoms with Crippen LogP contribution >= 0.6 is 23.1 Å². The molecule has 2 nitrogen and oxygen atoms in total. The number of Topliss-reactive ketones (excluding diaryl/α,β-unsaturated/α-hetero) is 1. The van der Waals surface area contributed by atoms with Crippen LogP contribution in [-0.4, -0.2) is 10.9 Å². The number of carbonyl (C=O) groups excluding carboxylic acids is 1. The number of thioether (sulfide) groups is 1. The van der Waals surface area contributed by atoms with Gasteiger partial charge in [-0.2, -0.15) is 0 Å². The lowest BCUT2D eigenvalue weighted by atomic mass is 9.84. The number of aliphatic hydroxyl groups is 1. The number of aliphatic hydroxyl groups excluding tert-OH is 1. The number of ketones is 1. The fourth-order valence-corrected chi connectivity index (χ4v) is 6.90. The van der Waals surface area contributed by atoms with Crippen LogP contribution in [0.2, 0.25) is 0 Å². The van der Waals surface area contributed by atoms with Crippen LogP contribution in [0.3, 0.4) is 0 Å². The van der Waals surface area contributed by atoms with Crippen LogP contribution < -0.4 is 0 Å². The highest BCUT2D eigenvalue weighted by Crippen LogP contribution is 2.45. The maximum Gasteiger partial charge on any atom is 0.219 e. The lowest BCUT2D eigenvalue weighted by molar-refractivity contribution is -0.113. The van der Waals surface area contributed by atoms with Crippen LogP contribution in [-0.2, 0) is 16.6 Å². The smallest absolute Gasteiger partial charge is 0.219 e. The van der Waals surface area contributed by atoms with Crippen molar-refractivity contribution in [3.63, 3.8) is 0 Å². The van der Waals surface area contributed by atoms with Crippen LogP contribution in [0.1, 0.15) is 91.0 Å². The van der Waals surface area contributed by atoms with Crippen LogP contribution in [0.4, 0.5) is 0 Å². The molecule has 0 aromatic carbocycles. The molecule has 0 saturated carbocycles. The Morgan fingerprint density at radius 3 is 2.08 bits per heavy atom. The Labute approximate surface area is 227 Å². The molecule has 0 bridgehead atoms. The van der Waals surface area contributed by atoms with E-state index in [0.717, 1.165) is 24.0 Å². The summed E-state index contributed by atoms with van der Waals surface area (Å²) in [6.07, 6.45) is 10.1. The van der Waals surface area contributed by atoms with E-state index in [4.69, 9.17) is 0 Å². The summed E-state index contributed by atoms with van der Waals surface area (Å²) in [5, 5.41) is 10.9. The molecule has 4 heteroatoms. The van der Waals surface area contributed by atoms with E-state index in [-0.39, 0.29) is 22.4 Å². The van der Waals surface area contributed by atoms with Gasteiger partial charge in [0.1, 0.15) is 5.76 Å². The summed E-state index contributed by atoms with van der Waals surface area (Å²) in [4.78, 5) is 18.3. The average molecular weight is 524 g/mol. The second-order valence-electron chi connectivity index (χ2n) is 12.9. The molecule has 1 N–H and O–H groups in total. The molecule has 2 aliphatic rings. The molecule has 0 spiro atoms. The first-order chi connectivity index (χ1) is 16.5. The van der Waals surface area contributed by atoms with Gasteiger partial charge in [-0.05, 0) is 68.9 Å². The van der Waals surface area contributed by atoms with Gasteiger partial charge in [0.25, 0.3) is 0 Å². The molecule has 0 amide bonds. The Hall–Kier alpha value is -1.91. The number of allylic oxidation sites excluding steroid dienone is 8. The highest BCUT2D eigenvalue weighted by atomic mass is 32.2. The van der Waals surface area contributed by atoms with Gasteiger partial charge in [-0.15, -0.1) is 0 Å². The predicted octanol–water partition coefficient (Wildman–Crippen LogP) is 9.84. The Balaban J connectivity index is 2.00. The predicted molar refractivity (Wildman–Crippen MR) is 159 cm³/mol. The first-order valence-electron chi connectivity index (χ1n) is 13.0. The summed E-state index contributed by atoms with van der Waals surface area (Å²) in [5.41, 5.74) is 2.84. The van der Waals surface area contributed by atoms with Crippen molar-refractivity contribution in [3.8, 4) is 0 Å². The molecule has 2 heterocycles. The largest absolute Gasteiger partial charge is 0.506 e. The van der Waals surface area contributed by atoms with E-state index < -0.39 is 0 Å². The van der Waals surface area contributed by atoms with Gasteiger partial charge < -0.3 is 5.11 Å². The van der Waals surface area contributed by atoms with Gasteiger partial charge in [0, 0.05) is 24.0 Å². The molecule has 1 aliphatic heterocycles. The SMILES string of the molecule is CC(C)CC1=CC(=CC2=C(O)C(=Cc3cc(CC(C)C)[s+]c(C(C)(C)C)c3)C2=O)C=C(C(C)(C)C)S1. The summed E-state index contributed by atoms with van der Waals surface area (Å²) in [7, 11) is 0. The lowest BCUT2D eigenvalue weighted by Crippen LogP contribution is -2.21. The van der Waals surface area contributed by atoms with E-state index in [9.17, 15) is 9.90 Å². The van der Waals surface area contributed by atoms with E-state index in [1.807, 2.05) is 35.3 Å². The number of hydrogen-bond acceptors (Lipinski definition) is 3. The van der Waals surface area contributed by atoms with Gasteiger partial charge in [0.2, 0.25) is 26.9 Å². The molecule has 0 atom stereocenters. The van der Waals surface area contributed by atoms with E-state index in [1.165, 1.54) is 19.6 Å². The molecule has 0 saturated heterocycles. The minimum absolute atomic E-state index is 0.0259.